The summed E-state index contributed by atoms with van der Waals surface area (Å²) in [7, 11) is 0. The van der Waals surface area contributed by atoms with E-state index < -0.39 is 5.79 Å². The third kappa shape index (κ3) is 1.89. The summed E-state index contributed by atoms with van der Waals surface area (Å²) < 4.78 is 6.20. The summed E-state index contributed by atoms with van der Waals surface area (Å²) in [5.74, 6) is 0.413. The van der Waals surface area contributed by atoms with Crippen LogP contribution in [0, 0.1) is 22.7 Å². The van der Waals surface area contributed by atoms with Gasteiger partial charge in [0.05, 0.1) is 5.60 Å². The van der Waals surface area contributed by atoms with E-state index in [1.54, 1.807) is 0 Å². The van der Waals surface area contributed by atoms with Crippen LogP contribution in [-0.2, 0) is 9.62 Å². The summed E-state index contributed by atoms with van der Waals surface area (Å²) in [5.41, 5.74) is 0.592. The zero-order valence-electron chi connectivity index (χ0n) is 13.7. The van der Waals surface area contributed by atoms with Gasteiger partial charge in [0.15, 0.2) is 5.79 Å². The van der Waals surface area contributed by atoms with Crippen LogP contribution in [0.15, 0.2) is 0 Å². The fourth-order valence-corrected chi connectivity index (χ4v) is 6.14. The third-order valence-electron chi connectivity index (χ3n) is 6.96. The largest absolute Gasteiger partial charge is 0.341 e. The van der Waals surface area contributed by atoms with Crippen molar-refractivity contribution in [2.75, 3.05) is 0 Å². The van der Waals surface area contributed by atoms with Crippen LogP contribution < -0.4 is 0 Å². The molecule has 0 amide bonds. The van der Waals surface area contributed by atoms with Crippen molar-refractivity contribution in [2.24, 2.45) is 22.7 Å². The van der Waals surface area contributed by atoms with E-state index in [2.05, 4.69) is 27.7 Å². The summed E-state index contributed by atoms with van der Waals surface area (Å²) in [6.45, 7) is 11.5. The molecule has 3 aliphatic rings. The standard InChI is InChI=1S/C17H30O3/c1-14(2)8-6-9-15(3)12(14)7-10-16(4)13(15)11-17(5,19-16)20-18/h12-13,18H,6-11H2,1-5H3/t12-,13+,15-,16+,17+/m0/s1. The smallest absolute Gasteiger partial charge is 0.199 e. The van der Waals surface area contributed by atoms with E-state index in [9.17, 15) is 5.26 Å². The van der Waals surface area contributed by atoms with Crippen LogP contribution in [0.5, 0.6) is 0 Å². The number of fused-ring (bicyclic) bond motifs is 3. The Morgan fingerprint density at radius 2 is 1.70 bits per heavy atom. The van der Waals surface area contributed by atoms with Gasteiger partial charge in [-0.2, -0.15) is 0 Å². The highest BCUT2D eigenvalue weighted by Gasteiger charge is 2.64. The summed E-state index contributed by atoms with van der Waals surface area (Å²) >= 11 is 0. The number of ether oxygens (including phenoxy) is 1. The van der Waals surface area contributed by atoms with Crippen molar-refractivity contribution in [3.05, 3.63) is 0 Å². The first-order valence-corrected chi connectivity index (χ1v) is 8.18. The van der Waals surface area contributed by atoms with Gasteiger partial charge in [0, 0.05) is 6.42 Å². The van der Waals surface area contributed by atoms with E-state index in [-0.39, 0.29) is 5.60 Å². The van der Waals surface area contributed by atoms with E-state index in [0.717, 1.165) is 18.8 Å². The fraction of sp³-hybridized carbons (Fsp3) is 1.00. The first-order chi connectivity index (χ1) is 9.15. The van der Waals surface area contributed by atoms with Gasteiger partial charge in [0.2, 0.25) is 0 Å². The molecule has 1 aliphatic heterocycles. The highest BCUT2D eigenvalue weighted by atomic mass is 17.1. The average Bonchev–Trinajstić information content (AvgIpc) is 2.62. The van der Waals surface area contributed by atoms with Gasteiger partial charge in [-0.1, -0.05) is 27.2 Å². The number of hydrogen-bond donors (Lipinski definition) is 1. The maximum Gasteiger partial charge on any atom is 0.199 e. The minimum absolute atomic E-state index is 0.143. The summed E-state index contributed by atoms with van der Waals surface area (Å²) in [6, 6.07) is 0. The SMILES string of the molecule is CC1(C)CCC[C@]2(C)[C@H]3C[C@@](C)(OO)O[C@]3(C)CC[C@@H]12. The van der Waals surface area contributed by atoms with Crippen molar-refractivity contribution in [3.8, 4) is 0 Å². The summed E-state index contributed by atoms with van der Waals surface area (Å²) in [6.07, 6.45) is 7.06. The third-order valence-corrected chi connectivity index (χ3v) is 6.96. The molecule has 2 saturated carbocycles. The Labute approximate surface area is 123 Å². The predicted molar refractivity (Wildman–Crippen MR) is 78.2 cm³/mol. The van der Waals surface area contributed by atoms with Gasteiger partial charge < -0.3 is 4.74 Å². The Morgan fingerprint density at radius 1 is 1.00 bits per heavy atom. The van der Waals surface area contributed by atoms with Crippen molar-refractivity contribution in [1.82, 2.24) is 0 Å². The number of rotatable bonds is 1. The van der Waals surface area contributed by atoms with Crippen LogP contribution >= 0.6 is 0 Å². The van der Waals surface area contributed by atoms with Crippen molar-refractivity contribution in [1.29, 1.82) is 0 Å². The normalized spacial score (nSPS) is 54.3. The molecule has 5 atom stereocenters. The van der Waals surface area contributed by atoms with Gasteiger partial charge in [0.1, 0.15) is 0 Å². The lowest BCUT2D eigenvalue weighted by Crippen LogP contribution is -2.55. The van der Waals surface area contributed by atoms with Crippen LogP contribution in [0.2, 0.25) is 0 Å². The Hall–Kier alpha value is -0.120. The molecule has 1 heterocycles. The van der Waals surface area contributed by atoms with E-state index in [1.807, 2.05) is 6.92 Å². The highest BCUT2D eigenvalue weighted by Crippen LogP contribution is 2.66. The van der Waals surface area contributed by atoms with E-state index in [0.29, 0.717) is 16.7 Å². The molecule has 0 radical (unpaired) electrons. The first kappa shape index (κ1) is 14.8. The molecule has 3 nitrogen and oxygen atoms in total. The summed E-state index contributed by atoms with van der Waals surface area (Å²) in [4.78, 5) is 4.71. The lowest BCUT2D eigenvalue weighted by Gasteiger charge is -2.60. The van der Waals surface area contributed by atoms with E-state index in [1.165, 1.54) is 25.7 Å². The lowest BCUT2D eigenvalue weighted by atomic mass is 9.45. The first-order valence-electron chi connectivity index (χ1n) is 8.18. The van der Waals surface area contributed by atoms with Crippen molar-refractivity contribution >= 4 is 0 Å². The molecule has 2 aliphatic carbocycles. The second kappa shape index (κ2) is 4.21. The van der Waals surface area contributed by atoms with Crippen LogP contribution in [0.4, 0.5) is 0 Å². The second-order valence-corrected chi connectivity index (χ2v) is 8.84. The molecule has 116 valence electrons. The molecule has 0 aromatic rings. The van der Waals surface area contributed by atoms with E-state index >= 15 is 0 Å². The highest BCUT2D eigenvalue weighted by molar-refractivity contribution is 5.11. The number of hydrogen-bond acceptors (Lipinski definition) is 3. The molecule has 0 aromatic carbocycles. The van der Waals surface area contributed by atoms with Crippen LogP contribution in [0.25, 0.3) is 0 Å². The molecule has 0 aromatic heterocycles. The maximum atomic E-state index is 9.24. The molecule has 1 N–H and O–H groups in total. The Morgan fingerprint density at radius 3 is 2.35 bits per heavy atom. The van der Waals surface area contributed by atoms with Crippen molar-refractivity contribution in [2.45, 2.75) is 84.5 Å². The molecule has 20 heavy (non-hydrogen) atoms. The molecule has 3 heteroatoms. The second-order valence-electron chi connectivity index (χ2n) is 8.84. The Kier molecular flexibility index (Phi) is 3.11. The minimum atomic E-state index is -0.821. The van der Waals surface area contributed by atoms with Gasteiger partial charge in [-0.15, -0.1) is 0 Å². The molecule has 1 saturated heterocycles. The fourth-order valence-electron chi connectivity index (χ4n) is 6.14. The Balaban J connectivity index is 1.98. The maximum absolute atomic E-state index is 9.24. The average molecular weight is 282 g/mol. The van der Waals surface area contributed by atoms with E-state index in [4.69, 9.17) is 9.62 Å². The molecule has 3 fully saturated rings. The van der Waals surface area contributed by atoms with Crippen LogP contribution in [0.1, 0.15) is 73.1 Å². The molecule has 0 unspecified atom stereocenters. The molecule has 3 rings (SSSR count). The summed E-state index contributed by atoms with van der Waals surface area (Å²) in [5, 5.41) is 9.24. The molecule has 0 bridgehead atoms. The van der Waals surface area contributed by atoms with Crippen molar-refractivity contribution < 1.29 is 14.9 Å². The molecular weight excluding hydrogens is 252 g/mol. The van der Waals surface area contributed by atoms with Gasteiger partial charge in [-0.3, -0.25) is 0 Å². The zero-order chi connectivity index (χ0) is 14.8. The topological polar surface area (TPSA) is 38.7 Å². The molecular formula is C17H30O3. The van der Waals surface area contributed by atoms with Gasteiger partial charge in [0.25, 0.3) is 0 Å². The Bertz CT molecular complexity index is 407. The van der Waals surface area contributed by atoms with Gasteiger partial charge in [-0.05, 0) is 62.2 Å². The minimum Gasteiger partial charge on any atom is -0.341 e. The quantitative estimate of drug-likeness (QED) is 0.563. The zero-order valence-corrected chi connectivity index (χ0v) is 13.7. The van der Waals surface area contributed by atoms with Crippen molar-refractivity contribution in [3.63, 3.8) is 0 Å². The molecule has 0 spiro atoms. The van der Waals surface area contributed by atoms with Crippen LogP contribution in [-0.4, -0.2) is 16.6 Å². The van der Waals surface area contributed by atoms with Gasteiger partial charge >= 0.3 is 0 Å². The lowest BCUT2D eigenvalue weighted by molar-refractivity contribution is -0.399. The van der Waals surface area contributed by atoms with Gasteiger partial charge in [-0.25, -0.2) is 10.1 Å². The van der Waals surface area contributed by atoms with Crippen LogP contribution in [0.3, 0.4) is 0 Å². The predicted octanol–water partition coefficient (Wildman–Crippen LogP) is 4.61. The monoisotopic (exact) mass is 282 g/mol.